The van der Waals surface area contributed by atoms with Crippen molar-refractivity contribution in [1.82, 2.24) is 4.57 Å². The maximum Gasteiger partial charge on any atom is 0.263 e. The second-order valence-electron chi connectivity index (χ2n) is 4.82. The molecule has 23 heavy (non-hydrogen) atoms. The van der Waals surface area contributed by atoms with Gasteiger partial charge in [-0.15, -0.1) is 0 Å². The number of benzene rings is 1. The molecule has 0 amide bonds. The summed E-state index contributed by atoms with van der Waals surface area (Å²) in [5.74, 6) is 0. The summed E-state index contributed by atoms with van der Waals surface area (Å²) in [6.45, 7) is 15.0. The van der Waals surface area contributed by atoms with Crippen molar-refractivity contribution in [3.05, 3.63) is 102 Å². The SMILES string of the molecule is C=C/C=C\C(=C/C=C)n1c(=O)c(C=C)c(C=C)c2ccccc21. The van der Waals surface area contributed by atoms with E-state index in [4.69, 9.17) is 0 Å². The van der Waals surface area contributed by atoms with Crippen molar-refractivity contribution in [2.24, 2.45) is 0 Å². The van der Waals surface area contributed by atoms with Gasteiger partial charge in [-0.2, -0.15) is 0 Å². The van der Waals surface area contributed by atoms with Crippen molar-refractivity contribution in [1.29, 1.82) is 0 Å². The minimum atomic E-state index is -0.143. The summed E-state index contributed by atoms with van der Waals surface area (Å²) in [6.07, 6.45) is 12.0. The third-order valence-electron chi connectivity index (χ3n) is 3.52. The average Bonchev–Trinajstić information content (AvgIpc) is 2.58. The van der Waals surface area contributed by atoms with Gasteiger partial charge in [0.15, 0.2) is 0 Å². The van der Waals surface area contributed by atoms with Crippen LogP contribution in [-0.4, -0.2) is 4.57 Å². The topological polar surface area (TPSA) is 22.0 Å². The van der Waals surface area contributed by atoms with E-state index in [0.29, 0.717) is 11.3 Å². The summed E-state index contributed by atoms with van der Waals surface area (Å²) in [6, 6.07) is 7.72. The van der Waals surface area contributed by atoms with Crippen LogP contribution in [0.1, 0.15) is 11.1 Å². The Bertz CT molecular complexity index is 907. The monoisotopic (exact) mass is 301 g/mol. The molecule has 0 atom stereocenters. The molecule has 0 N–H and O–H groups in total. The van der Waals surface area contributed by atoms with Gasteiger partial charge in [-0.1, -0.05) is 74.9 Å². The molecular weight excluding hydrogens is 282 g/mol. The number of rotatable bonds is 6. The standard InChI is InChI=1S/C21H19NO/c1-5-9-13-16(12-6-2)22-20-15-11-10-14-19(20)17(7-3)18(8-4)21(22)23/h5-15H,1-4H2/b13-9-,16-12+. The Kier molecular flexibility index (Phi) is 5.11. The molecule has 2 aromatic rings. The number of para-hydroxylation sites is 1. The Labute approximate surface area is 136 Å². The predicted molar refractivity (Wildman–Crippen MR) is 102 cm³/mol. The van der Waals surface area contributed by atoms with Crippen LogP contribution in [0.3, 0.4) is 0 Å². The summed E-state index contributed by atoms with van der Waals surface area (Å²) in [5, 5.41) is 0.943. The van der Waals surface area contributed by atoms with E-state index in [-0.39, 0.29) is 5.56 Å². The molecule has 0 bridgehead atoms. The summed E-state index contributed by atoms with van der Waals surface area (Å²) < 4.78 is 1.65. The van der Waals surface area contributed by atoms with Crippen LogP contribution in [0.2, 0.25) is 0 Å². The van der Waals surface area contributed by atoms with Gasteiger partial charge in [0.25, 0.3) is 5.56 Å². The second-order valence-corrected chi connectivity index (χ2v) is 4.82. The predicted octanol–water partition coefficient (Wildman–Crippen LogP) is 5.06. The first-order chi connectivity index (χ1) is 11.2. The third kappa shape index (κ3) is 2.92. The minimum absolute atomic E-state index is 0.143. The molecule has 2 rings (SSSR count). The maximum absolute atomic E-state index is 13.0. The van der Waals surface area contributed by atoms with Gasteiger partial charge in [-0.25, -0.2) is 0 Å². The average molecular weight is 301 g/mol. The van der Waals surface area contributed by atoms with Crippen molar-refractivity contribution in [2.75, 3.05) is 0 Å². The highest BCUT2D eigenvalue weighted by Crippen LogP contribution is 2.24. The fourth-order valence-corrected chi connectivity index (χ4v) is 2.55. The summed E-state index contributed by atoms with van der Waals surface area (Å²) >= 11 is 0. The van der Waals surface area contributed by atoms with Gasteiger partial charge in [0.2, 0.25) is 0 Å². The molecule has 0 saturated heterocycles. The zero-order valence-electron chi connectivity index (χ0n) is 13.0. The molecule has 1 aromatic heterocycles. The van der Waals surface area contributed by atoms with E-state index in [1.807, 2.05) is 30.3 Å². The number of pyridine rings is 1. The number of hydrogen-bond acceptors (Lipinski definition) is 1. The Morgan fingerprint density at radius 3 is 2.26 bits per heavy atom. The molecule has 0 aliphatic rings. The zero-order chi connectivity index (χ0) is 16.8. The van der Waals surface area contributed by atoms with Crippen LogP contribution in [0.4, 0.5) is 0 Å². The van der Waals surface area contributed by atoms with Gasteiger partial charge < -0.3 is 0 Å². The van der Waals surface area contributed by atoms with Crippen LogP contribution in [0, 0.1) is 0 Å². The lowest BCUT2D eigenvalue weighted by Gasteiger charge is -2.15. The summed E-state index contributed by atoms with van der Waals surface area (Å²) in [7, 11) is 0. The van der Waals surface area contributed by atoms with Crippen LogP contribution in [-0.2, 0) is 0 Å². The largest absolute Gasteiger partial charge is 0.276 e. The van der Waals surface area contributed by atoms with Crippen molar-refractivity contribution in [2.45, 2.75) is 0 Å². The first-order valence-corrected chi connectivity index (χ1v) is 7.24. The number of allylic oxidation sites excluding steroid dienone is 6. The van der Waals surface area contributed by atoms with Crippen LogP contribution in [0.15, 0.2) is 85.8 Å². The van der Waals surface area contributed by atoms with E-state index in [1.165, 1.54) is 0 Å². The van der Waals surface area contributed by atoms with Gasteiger partial charge in [-0.05, 0) is 23.8 Å². The first-order valence-electron chi connectivity index (χ1n) is 7.24. The summed E-state index contributed by atoms with van der Waals surface area (Å²) in [4.78, 5) is 13.0. The van der Waals surface area contributed by atoms with E-state index < -0.39 is 0 Å². The fourth-order valence-electron chi connectivity index (χ4n) is 2.55. The van der Waals surface area contributed by atoms with E-state index in [1.54, 1.807) is 41.0 Å². The van der Waals surface area contributed by atoms with Crippen molar-refractivity contribution < 1.29 is 0 Å². The molecule has 0 saturated carbocycles. The molecule has 1 aromatic carbocycles. The number of aromatic nitrogens is 1. The van der Waals surface area contributed by atoms with Crippen molar-refractivity contribution in [3.63, 3.8) is 0 Å². The normalized spacial score (nSPS) is 11.6. The molecule has 0 unspecified atom stereocenters. The van der Waals surface area contributed by atoms with E-state index in [2.05, 4.69) is 26.3 Å². The first kappa shape index (κ1) is 16.2. The molecule has 0 aliphatic carbocycles. The number of fused-ring (bicyclic) bond motifs is 1. The fraction of sp³-hybridized carbons (Fsp3) is 0. The Morgan fingerprint density at radius 1 is 0.957 bits per heavy atom. The molecule has 2 nitrogen and oxygen atoms in total. The van der Waals surface area contributed by atoms with E-state index in [0.717, 1.165) is 16.5 Å². The third-order valence-corrected chi connectivity index (χ3v) is 3.52. The van der Waals surface area contributed by atoms with Crippen LogP contribution >= 0.6 is 0 Å². The zero-order valence-corrected chi connectivity index (χ0v) is 13.0. The Morgan fingerprint density at radius 2 is 1.65 bits per heavy atom. The van der Waals surface area contributed by atoms with Gasteiger partial charge in [-0.3, -0.25) is 9.36 Å². The summed E-state index contributed by atoms with van der Waals surface area (Å²) in [5.41, 5.74) is 2.69. The van der Waals surface area contributed by atoms with E-state index >= 15 is 0 Å². The van der Waals surface area contributed by atoms with E-state index in [9.17, 15) is 4.79 Å². The molecule has 0 aliphatic heterocycles. The van der Waals surface area contributed by atoms with Gasteiger partial charge in [0.05, 0.1) is 5.52 Å². The number of hydrogen-bond donors (Lipinski definition) is 0. The molecule has 1 heterocycles. The van der Waals surface area contributed by atoms with Crippen molar-refractivity contribution >= 4 is 28.8 Å². The number of nitrogens with zero attached hydrogens (tertiary/aromatic N) is 1. The van der Waals surface area contributed by atoms with Crippen LogP contribution in [0.25, 0.3) is 28.8 Å². The highest BCUT2D eigenvalue weighted by molar-refractivity contribution is 5.93. The van der Waals surface area contributed by atoms with Crippen molar-refractivity contribution in [3.8, 4) is 0 Å². The Balaban J connectivity index is 3.04. The highest BCUT2D eigenvalue weighted by Gasteiger charge is 2.14. The second kappa shape index (κ2) is 7.23. The molecule has 0 fully saturated rings. The van der Waals surface area contributed by atoms with Gasteiger partial charge >= 0.3 is 0 Å². The lowest BCUT2D eigenvalue weighted by atomic mass is 10.0. The lowest BCUT2D eigenvalue weighted by Crippen LogP contribution is -2.23. The molecule has 0 radical (unpaired) electrons. The molecular formula is C21H19NO. The van der Waals surface area contributed by atoms with Crippen LogP contribution < -0.4 is 5.56 Å². The maximum atomic E-state index is 13.0. The quantitative estimate of drug-likeness (QED) is 0.684. The molecule has 114 valence electrons. The highest BCUT2D eigenvalue weighted by atomic mass is 16.1. The lowest BCUT2D eigenvalue weighted by molar-refractivity contribution is 1.07. The minimum Gasteiger partial charge on any atom is -0.276 e. The smallest absolute Gasteiger partial charge is 0.263 e. The molecule has 2 heteroatoms. The van der Waals surface area contributed by atoms with Gasteiger partial charge in [0, 0.05) is 16.6 Å². The van der Waals surface area contributed by atoms with Crippen LogP contribution in [0.5, 0.6) is 0 Å². The molecule has 0 spiro atoms. The Hall–Kier alpha value is -3.13. The van der Waals surface area contributed by atoms with Gasteiger partial charge in [0.1, 0.15) is 0 Å².